The summed E-state index contributed by atoms with van der Waals surface area (Å²) >= 11 is 0. The van der Waals surface area contributed by atoms with E-state index in [1.165, 1.54) is 7.05 Å². The Labute approximate surface area is 134 Å². The van der Waals surface area contributed by atoms with Crippen LogP contribution in [0.25, 0.3) is 0 Å². The van der Waals surface area contributed by atoms with Gasteiger partial charge in [0, 0.05) is 18.6 Å². The van der Waals surface area contributed by atoms with Gasteiger partial charge in [-0.2, -0.15) is 13.2 Å². The number of nitrogens with one attached hydrogen (secondary N) is 1. The minimum Gasteiger partial charge on any atom is -0.444 e. The third-order valence-electron chi connectivity index (χ3n) is 3.97. The molecular formula is C15H25F3N2O3. The van der Waals surface area contributed by atoms with E-state index in [0.717, 1.165) is 4.90 Å². The molecule has 5 nitrogen and oxygen atoms in total. The van der Waals surface area contributed by atoms with E-state index in [2.05, 4.69) is 5.32 Å². The molecule has 0 aromatic heterocycles. The third kappa shape index (κ3) is 5.91. The number of amides is 2. The van der Waals surface area contributed by atoms with Crippen LogP contribution in [0, 0.1) is 0 Å². The molecule has 0 spiro atoms. The van der Waals surface area contributed by atoms with Gasteiger partial charge < -0.3 is 15.0 Å². The predicted octanol–water partition coefficient (Wildman–Crippen LogP) is 3.23. The Bertz CT molecular complexity index is 450. The van der Waals surface area contributed by atoms with Gasteiger partial charge in [0.15, 0.2) is 0 Å². The van der Waals surface area contributed by atoms with Crippen molar-refractivity contribution in [2.45, 2.75) is 76.7 Å². The van der Waals surface area contributed by atoms with Crippen molar-refractivity contribution in [3.63, 3.8) is 0 Å². The van der Waals surface area contributed by atoms with Gasteiger partial charge in [0.2, 0.25) is 0 Å². The molecule has 23 heavy (non-hydrogen) atoms. The van der Waals surface area contributed by atoms with Gasteiger partial charge in [-0.15, -0.1) is 0 Å². The topological polar surface area (TPSA) is 58.6 Å². The Morgan fingerprint density at radius 1 is 1.17 bits per heavy atom. The first-order chi connectivity index (χ1) is 10.2. The van der Waals surface area contributed by atoms with E-state index >= 15 is 0 Å². The molecule has 2 amide bonds. The Hall–Kier alpha value is -1.47. The summed E-state index contributed by atoms with van der Waals surface area (Å²) in [6.45, 7) is 7.09. The van der Waals surface area contributed by atoms with Gasteiger partial charge in [-0.05, 0) is 53.4 Å². The quantitative estimate of drug-likeness (QED) is 0.841. The van der Waals surface area contributed by atoms with Gasteiger partial charge >= 0.3 is 18.2 Å². The molecule has 1 saturated carbocycles. The van der Waals surface area contributed by atoms with Crippen LogP contribution in [0.1, 0.15) is 53.4 Å². The third-order valence-corrected chi connectivity index (χ3v) is 3.97. The number of nitrogens with zero attached hydrogens (tertiary/aromatic N) is 1. The van der Waals surface area contributed by atoms with Crippen LogP contribution in [0.3, 0.4) is 0 Å². The molecule has 1 fully saturated rings. The predicted molar refractivity (Wildman–Crippen MR) is 78.9 cm³/mol. The highest BCUT2D eigenvalue weighted by atomic mass is 19.4. The molecular weight excluding hydrogens is 313 g/mol. The molecule has 1 N–H and O–H groups in total. The maximum Gasteiger partial charge on any atom is 0.471 e. The largest absolute Gasteiger partial charge is 0.471 e. The summed E-state index contributed by atoms with van der Waals surface area (Å²) in [7, 11) is 1.17. The fourth-order valence-corrected chi connectivity index (χ4v) is 2.67. The molecule has 1 aliphatic rings. The molecule has 0 bridgehead atoms. The second kappa shape index (κ2) is 6.57. The Morgan fingerprint density at radius 2 is 1.65 bits per heavy atom. The lowest BCUT2D eigenvalue weighted by molar-refractivity contribution is -0.186. The highest BCUT2D eigenvalue weighted by Crippen LogP contribution is 2.32. The number of alkyl carbamates (subject to hydrolysis) is 1. The van der Waals surface area contributed by atoms with Crippen molar-refractivity contribution in [2.24, 2.45) is 0 Å². The zero-order valence-electron chi connectivity index (χ0n) is 14.2. The van der Waals surface area contributed by atoms with Crippen LogP contribution in [-0.2, 0) is 9.53 Å². The van der Waals surface area contributed by atoms with E-state index in [4.69, 9.17) is 4.74 Å². The zero-order chi connectivity index (χ0) is 18.1. The standard InChI is InChI=1S/C15H25F3N2O3/c1-13(2,3)23-12(22)19-14(4)8-6-10(7-9-14)20(5)11(21)15(16,17)18/h10H,6-9H2,1-5H3,(H,19,22). The molecule has 0 atom stereocenters. The Balaban J connectivity index is 2.57. The molecule has 8 heteroatoms. The van der Waals surface area contributed by atoms with Gasteiger partial charge in [0.05, 0.1) is 0 Å². The Kier molecular flexibility index (Phi) is 5.59. The summed E-state index contributed by atoms with van der Waals surface area (Å²) < 4.78 is 42.6. The number of alkyl halides is 3. The fourth-order valence-electron chi connectivity index (χ4n) is 2.67. The van der Waals surface area contributed by atoms with Gasteiger partial charge in [-0.1, -0.05) is 0 Å². The molecule has 1 rings (SSSR count). The van der Waals surface area contributed by atoms with Crippen molar-refractivity contribution in [2.75, 3.05) is 7.05 Å². The van der Waals surface area contributed by atoms with E-state index in [0.29, 0.717) is 25.7 Å². The number of halogens is 3. The lowest BCUT2D eigenvalue weighted by Gasteiger charge is -2.41. The molecule has 134 valence electrons. The average Bonchev–Trinajstić information content (AvgIpc) is 2.33. The maximum atomic E-state index is 12.5. The van der Waals surface area contributed by atoms with Crippen molar-refractivity contribution >= 4 is 12.0 Å². The van der Waals surface area contributed by atoms with Crippen LogP contribution in [0.15, 0.2) is 0 Å². The first-order valence-electron chi connectivity index (χ1n) is 7.59. The SMILES string of the molecule is CN(C(=O)C(F)(F)F)C1CCC(C)(NC(=O)OC(C)(C)C)CC1. The highest BCUT2D eigenvalue weighted by Gasteiger charge is 2.44. The lowest BCUT2D eigenvalue weighted by Crippen LogP contribution is -2.53. The van der Waals surface area contributed by atoms with Crippen molar-refractivity contribution in [1.29, 1.82) is 0 Å². The zero-order valence-corrected chi connectivity index (χ0v) is 14.2. The molecule has 1 aliphatic carbocycles. The fraction of sp³-hybridized carbons (Fsp3) is 0.867. The summed E-state index contributed by atoms with van der Waals surface area (Å²) in [5.74, 6) is -1.83. The molecule has 0 unspecified atom stereocenters. The summed E-state index contributed by atoms with van der Waals surface area (Å²) in [4.78, 5) is 23.9. The molecule has 0 saturated heterocycles. The monoisotopic (exact) mass is 338 g/mol. The number of carbonyl (C=O) groups excluding carboxylic acids is 2. The van der Waals surface area contributed by atoms with Crippen molar-refractivity contribution in [3.8, 4) is 0 Å². The number of hydrogen-bond donors (Lipinski definition) is 1. The second-order valence-electron chi connectivity index (χ2n) is 7.33. The van der Waals surface area contributed by atoms with Gasteiger partial charge in [-0.3, -0.25) is 4.79 Å². The molecule has 0 radical (unpaired) electrons. The van der Waals surface area contributed by atoms with Crippen molar-refractivity contribution in [1.82, 2.24) is 10.2 Å². The van der Waals surface area contributed by atoms with Crippen LogP contribution in [0.5, 0.6) is 0 Å². The van der Waals surface area contributed by atoms with E-state index in [1.807, 2.05) is 6.92 Å². The number of ether oxygens (including phenoxy) is 1. The van der Waals surface area contributed by atoms with Gasteiger partial charge in [0.1, 0.15) is 5.60 Å². The highest BCUT2D eigenvalue weighted by molar-refractivity contribution is 5.81. The van der Waals surface area contributed by atoms with Crippen LogP contribution >= 0.6 is 0 Å². The first kappa shape index (κ1) is 19.6. The second-order valence-corrected chi connectivity index (χ2v) is 7.33. The smallest absolute Gasteiger partial charge is 0.444 e. The van der Waals surface area contributed by atoms with E-state index < -0.39 is 35.4 Å². The number of carbonyl (C=O) groups is 2. The number of hydrogen-bond acceptors (Lipinski definition) is 3. The molecule has 0 heterocycles. The van der Waals surface area contributed by atoms with E-state index in [9.17, 15) is 22.8 Å². The van der Waals surface area contributed by atoms with Crippen LogP contribution in [0.2, 0.25) is 0 Å². The van der Waals surface area contributed by atoms with E-state index in [-0.39, 0.29) is 0 Å². The van der Waals surface area contributed by atoms with Gasteiger partial charge in [-0.25, -0.2) is 4.79 Å². The number of rotatable bonds is 2. The van der Waals surface area contributed by atoms with Gasteiger partial charge in [0.25, 0.3) is 0 Å². The van der Waals surface area contributed by atoms with E-state index in [1.54, 1.807) is 20.8 Å². The molecule has 0 aromatic rings. The summed E-state index contributed by atoms with van der Waals surface area (Å²) in [6.07, 6.45) is -3.66. The summed E-state index contributed by atoms with van der Waals surface area (Å²) in [6, 6.07) is -0.474. The average molecular weight is 338 g/mol. The molecule has 0 aromatic carbocycles. The van der Waals surface area contributed by atoms with Crippen LogP contribution in [-0.4, -0.2) is 47.3 Å². The lowest BCUT2D eigenvalue weighted by atomic mass is 9.80. The minimum atomic E-state index is -4.86. The van der Waals surface area contributed by atoms with Crippen LogP contribution < -0.4 is 5.32 Å². The molecule has 0 aliphatic heterocycles. The first-order valence-corrected chi connectivity index (χ1v) is 7.59. The van der Waals surface area contributed by atoms with Crippen molar-refractivity contribution in [3.05, 3.63) is 0 Å². The summed E-state index contributed by atoms with van der Waals surface area (Å²) in [5.41, 5.74) is -1.15. The van der Waals surface area contributed by atoms with Crippen molar-refractivity contribution < 1.29 is 27.5 Å². The van der Waals surface area contributed by atoms with Crippen LogP contribution in [0.4, 0.5) is 18.0 Å². The Morgan fingerprint density at radius 3 is 2.04 bits per heavy atom. The maximum absolute atomic E-state index is 12.5. The minimum absolute atomic E-state index is 0.393. The summed E-state index contributed by atoms with van der Waals surface area (Å²) in [5, 5.41) is 2.78. The normalized spacial score (nSPS) is 25.7.